The van der Waals surface area contributed by atoms with Gasteiger partial charge in [0.05, 0.1) is 19.4 Å². The Balaban J connectivity index is 2.61. The van der Waals surface area contributed by atoms with Gasteiger partial charge in [0, 0.05) is 19.3 Å². The van der Waals surface area contributed by atoms with Crippen LogP contribution in [0.4, 0.5) is 5.69 Å². The van der Waals surface area contributed by atoms with Crippen LogP contribution >= 0.6 is 0 Å². The van der Waals surface area contributed by atoms with Crippen molar-refractivity contribution in [1.29, 1.82) is 0 Å². The van der Waals surface area contributed by atoms with E-state index in [9.17, 15) is 13.2 Å². The largest absolute Gasteiger partial charge is 0.383 e. The molecular formula is C12H18N2O4S. The Labute approximate surface area is 113 Å². The number of sulfonamides is 1. The maximum absolute atomic E-state index is 11.8. The molecule has 0 bridgehead atoms. The van der Waals surface area contributed by atoms with E-state index in [1.807, 2.05) is 6.07 Å². The van der Waals surface area contributed by atoms with Gasteiger partial charge in [-0.2, -0.15) is 4.31 Å². The minimum absolute atomic E-state index is 0.150. The molecule has 0 aromatic heterocycles. The fraction of sp³-hybridized carbons (Fsp3) is 0.417. The second-order valence-electron chi connectivity index (χ2n) is 4.00. The van der Waals surface area contributed by atoms with Gasteiger partial charge in [0.2, 0.25) is 15.9 Å². The number of nitrogens with zero attached hydrogens (tertiary/aromatic N) is 1. The van der Waals surface area contributed by atoms with Gasteiger partial charge in [-0.05, 0) is 12.1 Å². The third-order valence-corrected chi connectivity index (χ3v) is 3.64. The van der Waals surface area contributed by atoms with E-state index in [0.717, 1.165) is 10.6 Å². The monoisotopic (exact) mass is 286 g/mol. The Hall–Kier alpha value is -1.44. The number of anilines is 1. The van der Waals surface area contributed by atoms with Crippen LogP contribution in [-0.4, -0.2) is 51.7 Å². The standard InChI is InChI=1S/C12H18N2O4S/c1-18-9-8-14(19(2,16)17)10-12(15)13-11-6-4-3-5-7-11/h3-7H,8-10H2,1-2H3,(H,13,15). The number of amides is 1. The Kier molecular flexibility index (Phi) is 5.94. The number of ether oxygens (including phenoxy) is 1. The second kappa shape index (κ2) is 7.22. The lowest BCUT2D eigenvalue weighted by molar-refractivity contribution is -0.116. The predicted octanol–water partition coefficient (Wildman–Crippen LogP) is 0.533. The lowest BCUT2D eigenvalue weighted by atomic mass is 10.3. The molecule has 19 heavy (non-hydrogen) atoms. The molecule has 0 fully saturated rings. The van der Waals surface area contributed by atoms with Crippen LogP contribution in [0, 0.1) is 0 Å². The van der Waals surface area contributed by atoms with Crippen molar-refractivity contribution >= 4 is 21.6 Å². The van der Waals surface area contributed by atoms with Gasteiger partial charge in [0.15, 0.2) is 0 Å². The molecule has 0 saturated carbocycles. The first-order valence-electron chi connectivity index (χ1n) is 5.72. The average molecular weight is 286 g/mol. The number of nitrogens with one attached hydrogen (secondary N) is 1. The summed E-state index contributed by atoms with van der Waals surface area (Å²) < 4.78 is 28.9. The number of hydrogen-bond acceptors (Lipinski definition) is 4. The van der Waals surface area contributed by atoms with Crippen LogP contribution in [0.2, 0.25) is 0 Å². The maximum atomic E-state index is 11.8. The zero-order valence-corrected chi connectivity index (χ0v) is 11.8. The summed E-state index contributed by atoms with van der Waals surface area (Å²) in [7, 11) is -1.96. The quantitative estimate of drug-likeness (QED) is 0.793. The summed E-state index contributed by atoms with van der Waals surface area (Å²) >= 11 is 0. The average Bonchev–Trinajstić information content (AvgIpc) is 2.34. The molecule has 6 nitrogen and oxygen atoms in total. The van der Waals surface area contributed by atoms with Crippen molar-refractivity contribution in [1.82, 2.24) is 4.31 Å². The van der Waals surface area contributed by atoms with Gasteiger partial charge in [-0.15, -0.1) is 0 Å². The minimum atomic E-state index is -3.43. The SMILES string of the molecule is COCCN(CC(=O)Nc1ccccc1)S(C)(=O)=O. The topological polar surface area (TPSA) is 75.7 Å². The van der Waals surface area contributed by atoms with Crippen LogP contribution in [-0.2, 0) is 19.6 Å². The van der Waals surface area contributed by atoms with Crippen molar-refractivity contribution < 1.29 is 17.9 Å². The maximum Gasteiger partial charge on any atom is 0.239 e. The summed E-state index contributed by atoms with van der Waals surface area (Å²) in [5, 5.41) is 2.64. The van der Waals surface area contributed by atoms with Crippen LogP contribution in [0.1, 0.15) is 0 Å². The highest BCUT2D eigenvalue weighted by atomic mass is 32.2. The third kappa shape index (κ3) is 5.82. The molecule has 0 aliphatic heterocycles. The predicted molar refractivity (Wildman–Crippen MR) is 73.4 cm³/mol. The van der Waals surface area contributed by atoms with Crippen LogP contribution in [0.25, 0.3) is 0 Å². The second-order valence-corrected chi connectivity index (χ2v) is 5.99. The van der Waals surface area contributed by atoms with Gasteiger partial charge < -0.3 is 10.1 Å². The first-order chi connectivity index (χ1) is 8.93. The summed E-state index contributed by atoms with van der Waals surface area (Å²) in [6.45, 7) is 0.167. The number of hydrogen-bond donors (Lipinski definition) is 1. The van der Waals surface area contributed by atoms with Crippen molar-refractivity contribution in [3.63, 3.8) is 0 Å². The van der Waals surface area contributed by atoms with Crippen molar-refractivity contribution in [2.24, 2.45) is 0 Å². The fourth-order valence-electron chi connectivity index (χ4n) is 1.44. The lowest BCUT2D eigenvalue weighted by Crippen LogP contribution is -2.39. The zero-order chi connectivity index (χ0) is 14.3. The van der Waals surface area contributed by atoms with Crippen LogP contribution in [0.5, 0.6) is 0 Å². The van der Waals surface area contributed by atoms with Crippen LogP contribution < -0.4 is 5.32 Å². The number of methoxy groups -OCH3 is 1. The van der Waals surface area contributed by atoms with Gasteiger partial charge >= 0.3 is 0 Å². The van der Waals surface area contributed by atoms with Gasteiger partial charge in [0.1, 0.15) is 0 Å². The molecular weight excluding hydrogens is 268 g/mol. The molecule has 1 amide bonds. The van der Waals surface area contributed by atoms with Gasteiger partial charge in [-0.3, -0.25) is 4.79 Å². The molecule has 0 aliphatic carbocycles. The number of carbonyl (C=O) groups excluding carboxylic acids is 1. The molecule has 0 saturated heterocycles. The van der Waals surface area contributed by atoms with Gasteiger partial charge in [-0.1, -0.05) is 18.2 Å². The number of para-hydroxylation sites is 1. The smallest absolute Gasteiger partial charge is 0.239 e. The molecule has 0 spiro atoms. The molecule has 0 unspecified atom stereocenters. The molecule has 0 atom stereocenters. The summed E-state index contributed by atoms with van der Waals surface area (Å²) in [6, 6.07) is 8.87. The Morgan fingerprint density at radius 3 is 2.47 bits per heavy atom. The summed E-state index contributed by atoms with van der Waals surface area (Å²) in [5.41, 5.74) is 0.632. The molecule has 0 aliphatic rings. The normalized spacial score (nSPS) is 11.5. The van der Waals surface area contributed by atoms with E-state index >= 15 is 0 Å². The summed E-state index contributed by atoms with van der Waals surface area (Å²) in [4.78, 5) is 11.8. The first-order valence-corrected chi connectivity index (χ1v) is 7.57. The van der Waals surface area contributed by atoms with Crippen molar-refractivity contribution in [2.75, 3.05) is 38.4 Å². The molecule has 0 radical (unpaired) electrons. The lowest BCUT2D eigenvalue weighted by Gasteiger charge is -2.18. The number of benzene rings is 1. The molecule has 1 aromatic carbocycles. The van der Waals surface area contributed by atoms with E-state index in [1.54, 1.807) is 24.3 Å². The summed E-state index contributed by atoms with van der Waals surface area (Å²) in [6.07, 6.45) is 1.07. The van der Waals surface area contributed by atoms with Crippen molar-refractivity contribution in [3.8, 4) is 0 Å². The number of carbonyl (C=O) groups is 1. The Bertz CT molecular complexity index is 502. The Morgan fingerprint density at radius 1 is 1.32 bits per heavy atom. The van der Waals surface area contributed by atoms with E-state index < -0.39 is 10.0 Å². The fourth-order valence-corrected chi connectivity index (χ4v) is 2.20. The number of rotatable bonds is 7. The van der Waals surface area contributed by atoms with E-state index in [2.05, 4.69) is 5.32 Å². The van der Waals surface area contributed by atoms with E-state index in [1.165, 1.54) is 7.11 Å². The summed E-state index contributed by atoms with van der Waals surface area (Å²) in [5.74, 6) is -0.382. The molecule has 0 heterocycles. The first kappa shape index (κ1) is 15.6. The van der Waals surface area contributed by atoms with Crippen molar-refractivity contribution in [3.05, 3.63) is 30.3 Å². The highest BCUT2D eigenvalue weighted by Gasteiger charge is 2.19. The zero-order valence-electron chi connectivity index (χ0n) is 11.0. The molecule has 106 valence electrons. The minimum Gasteiger partial charge on any atom is -0.383 e. The highest BCUT2D eigenvalue weighted by Crippen LogP contribution is 2.05. The molecule has 1 rings (SSSR count). The highest BCUT2D eigenvalue weighted by molar-refractivity contribution is 7.88. The Morgan fingerprint density at radius 2 is 1.95 bits per heavy atom. The molecule has 1 aromatic rings. The molecule has 1 N–H and O–H groups in total. The third-order valence-electron chi connectivity index (χ3n) is 2.39. The van der Waals surface area contributed by atoms with E-state index in [-0.39, 0.29) is 25.6 Å². The molecule has 7 heteroatoms. The van der Waals surface area contributed by atoms with Crippen molar-refractivity contribution in [2.45, 2.75) is 0 Å². The van der Waals surface area contributed by atoms with E-state index in [4.69, 9.17) is 4.74 Å². The van der Waals surface area contributed by atoms with Gasteiger partial charge in [0.25, 0.3) is 0 Å². The van der Waals surface area contributed by atoms with E-state index in [0.29, 0.717) is 5.69 Å². The van der Waals surface area contributed by atoms with Gasteiger partial charge in [-0.25, -0.2) is 8.42 Å². The van der Waals surface area contributed by atoms with Crippen LogP contribution in [0.15, 0.2) is 30.3 Å². The van der Waals surface area contributed by atoms with Crippen LogP contribution in [0.3, 0.4) is 0 Å².